The van der Waals surface area contributed by atoms with E-state index < -0.39 is 0 Å². The van der Waals surface area contributed by atoms with E-state index in [1.807, 2.05) is 0 Å². The van der Waals surface area contributed by atoms with Crippen molar-refractivity contribution in [1.82, 2.24) is 10.2 Å². The Morgan fingerprint density at radius 2 is 2.20 bits per heavy atom. The molecule has 2 nitrogen and oxygen atoms in total. The quantitative estimate of drug-likeness (QED) is 0.697. The van der Waals surface area contributed by atoms with Crippen molar-refractivity contribution in [3.63, 3.8) is 0 Å². The van der Waals surface area contributed by atoms with E-state index in [2.05, 4.69) is 31.0 Å². The molecule has 1 aliphatic heterocycles. The van der Waals surface area contributed by atoms with Gasteiger partial charge in [0.05, 0.1) is 0 Å². The van der Waals surface area contributed by atoms with Crippen LogP contribution in [-0.4, -0.2) is 37.6 Å². The predicted octanol–water partition coefficient (Wildman–Crippen LogP) is 2.35. The zero-order valence-electron chi connectivity index (χ0n) is 10.8. The van der Waals surface area contributed by atoms with Crippen molar-refractivity contribution in [3.8, 4) is 0 Å². The molecule has 15 heavy (non-hydrogen) atoms. The van der Waals surface area contributed by atoms with E-state index in [0.717, 1.165) is 18.4 Å². The molecule has 0 bridgehead atoms. The Morgan fingerprint density at radius 3 is 2.87 bits per heavy atom. The van der Waals surface area contributed by atoms with E-state index in [0.29, 0.717) is 0 Å². The van der Waals surface area contributed by atoms with Crippen LogP contribution in [0.2, 0.25) is 0 Å². The van der Waals surface area contributed by atoms with Crippen LogP contribution < -0.4 is 5.32 Å². The molecule has 0 aliphatic carbocycles. The van der Waals surface area contributed by atoms with Crippen molar-refractivity contribution < 1.29 is 0 Å². The average molecular weight is 212 g/mol. The van der Waals surface area contributed by atoms with Gasteiger partial charge in [-0.2, -0.15) is 0 Å². The highest BCUT2D eigenvalue weighted by atomic mass is 15.1. The molecule has 1 N–H and O–H groups in total. The summed E-state index contributed by atoms with van der Waals surface area (Å²) in [6, 6.07) is 0. The summed E-state index contributed by atoms with van der Waals surface area (Å²) in [6.07, 6.45) is 4.21. The summed E-state index contributed by atoms with van der Waals surface area (Å²) in [5.74, 6) is 1.78. The largest absolute Gasteiger partial charge is 0.317 e. The van der Waals surface area contributed by atoms with Gasteiger partial charge in [-0.1, -0.05) is 27.2 Å². The summed E-state index contributed by atoms with van der Waals surface area (Å²) in [5.41, 5.74) is 0. The number of likely N-dealkylation sites (tertiary alicyclic amines) is 1. The van der Waals surface area contributed by atoms with Gasteiger partial charge in [0.1, 0.15) is 0 Å². The highest BCUT2D eigenvalue weighted by Crippen LogP contribution is 2.21. The molecule has 0 aromatic heterocycles. The van der Waals surface area contributed by atoms with Gasteiger partial charge in [-0.05, 0) is 44.3 Å². The third kappa shape index (κ3) is 4.98. The van der Waals surface area contributed by atoms with Crippen molar-refractivity contribution in [2.24, 2.45) is 11.8 Å². The molecule has 1 saturated heterocycles. The summed E-state index contributed by atoms with van der Waals surface area (Å²) < 4.78 is 0. The van der Waals surface area contributed by atoms with Gasteiger partial charge in [-0.3, -0.25) is 0 Å². The third-order valence-corrected chi connectivity index (χ3v) is 3.38. The Balaban J connectivity index is 2.12. The Kier molecular flexibility index (Phi) is 6.26. The minimum Gasteiger partial charge on any atom is -0.317 e. The van der Waals surface area contributed by atoms with Crippen molar-refractivity contribution in [2.45, 2.75) is 40.0 Å². The van der Waals surface area contributed by atoms with Gasteiger partial charge in [0.25, 0.3) is 0 Å². The zero-order valence-corrected chi connectivity index (χ0v) is 10.8. The fourth-order valence-electron chi connectivity index (χ4n) is 2.62. The second-order valence-electron chi connectivity index (χ2n) is 5.12. The first-order valence-corrected chi connectivity index (χ1v) is 6.69. The molecule has 0 saturated carbocycles. The smallest absolute Gasteiger partial charge is 0.00193 e. The van der Waals surface area contributed by atoms with E-state index in [1.165, 1.54) is 45.4 Å². The first-order chi connectivity index (χ1) is 7.26. The third-order valence-electron chi connectivity index (χ3n) is 3.38. The van der Waals surface area contributed by atoms with E-state index in [4.69, 9.17) is 0 Å². The lowest BCUT2D eigenvalue weighted by atomic mass is 10.0. The van der Waals surface area contributed by atoms with Crippen LogP contribution in [0.4, 0.5) is 0 Å². The van der Waals surface area contributed by atoms with Crippen LogP contribution in [-0.2, 0) is 0 Å². The minimum atomic E-state index is 0.797. The number of nitrogens with one attached hydrogen (secondary N) is 1. The van der Waals surface area contributed by atoms with Crippen LogP contribution in [0.5, 0.6) is 0 Å². The van der Waals surface area contributed by atoms with Gasteiger partial charge in [-0.25, -0.2) is 0 Å². The maximum atomic E-state index is 3.43. The van der Waals surface area contributed by atoms with Crippen molar-refractivity contribution in [1.29, 1.82) is 0 Å². The van der Waals surface area contributed by atoms with Crippen molar-refractivity contribution >= 4 is 0 Å². The van der Waals surface area contributed by atoms with Crippen molar-refractivity contribution in [3.05, 3.63) is 0 Å². The number of hydrogen-bond acceptors (Lipinski definition) is 2. The number of rotatable bonds is 7. The summed E-state index contributed by atoms with van der Waals surface area (Å²) in [7, 11) is 0. The van der Waals surface area contributed by atoms with Crippen LogP contribution in [0.15, 0.2) is 0 Å². The topological polar surface area (TPSA) is 15.3 Å². The molecule has 90 valence electrons. The molecule has 0 spiro atoms. The lowest BCUT2D eigenvalue weighted by molar-refractivity contribution is 0.272. The standard InChI is InChI=1S/C13H28N2/c1-4-6-13-7-8-15(11-13)10-12(3)9-14-5-2/h12-14H,4-11H2,1-3H3. The van der Waals surface area contributed by atoms with Crippen LogP contribution in [0.3, 0.4) is 0 Å². The molecule has 1 rings (SSSR count). The van der Waals surface area contributed by atoms with Gasteiger partial charge in [0.15, 0.2) is 0 Å². The van der Waals surface area contributed by atoms with Crippen LogP contribution in [0.1, 0.15) is 40.0 Å². The summed E-state index contributed by atoms with van der Waals surface area (Å²) in [4.78, 5) is 2.66. The van der Waals surface area contributed by atoms with E-state index in [9.17, 15) is 0 Å². The fourth-order valence-corrected chi connectivity index (χ4v) is 2.62. The van der Waals surface area contributed by atoms with Crippen LogP contribution >= 0.6 is 0 Å². The second kappa shape index (κ2) is 7.24. The molecule has 2 heteroatoms. The van der Waals surface area contributed by atoms with Gasteiger partial charge in [0.2, 0.25) is 0 Å². The van der Waals surface area contributed by atoms with Gasteiger partial charge < -0.3 is 10.2 Å². The number of hydrogen-bond donors (Lipinski definition) is 1. The summed E-state index contributed by atoms with van der Waals surface area (Å²) in [5, 5.41) is 3.43. The molecular weight excluding hydrogens is 184 g/mol. The summed E-state index contributed by atoms with van der Waals surface area (Å²) in [6.45, 7) is 13.1. The first-order valence-electron chi connectivity index (χ1n) is 6.69. The first kappa shape index (κ1) is 13.0. The van der Waals surface area contributed by atoms with Gasteiger partial charge in [-0.15, -0.1) is 0 Å². The Morgan fingerprint density at radius 1 is 1.40 bits per heavy atom. The SMILES string of the molecule is CCCC1CCN(CC(C)CNCC)C1. The maximum absolute atomic E-state index is 3.43. The Bertz CT molecular complexity index is 159. The fraction of sp³-hybridized carbons (Fsp3) is 1.00. The van der Waals surface area contributed by atoms with Gasteiger partial charge >= 0.3 is 0 Å². The molecule has 2 unspecified atom stereocenters. The molecule has 0 amide bonds. The van der Waals surface area contributed by atoms with Crippen molar-refractivity contribution in [2.75, 3.05) is 32.7 Å². The van der Waals surface area contributed by atoms with E-state index in [1.54, 1.807) is 0 Å². The highest BCUT2D eigenvalue weighted by molar-refractivity contribution is 4.76. The predicted molar refractivity (Wildman–Crippen MR) is 67.2 cm³/mol. The van der Waals surface area contributed by atoms with E-state index in [-0.39, 0.29) is 0 Å². The molecule has 2 atom stereocenters. The minimum absolute atomic E-state index is 0.797. The Hall–Kier alpha value is -0.0800. The second-order valence-corrected chi connectivity index (χ2v) is 5.12. The molecule has 1 aliphatic rings. The molecule has 0 radical (unpaired) electrons. The summed E-state index contributed by atoms with van der Waals surface area (Å²) >= 11 is 0. The Labute approximate surface area is 95.4 Å². The monoisotopic (exact) mass is 212 g/mol. The van der Waals surface area contributed by atoms with E-state index >= 15 is 0 Å². The van der Waals surface area contributed by atoms with Crippen LogP contribution in [0, 0.1) is 11.8 Å². The lowest BCUT2D eigenvalue weighted by Crippen LogP contribution is -2.32. The molecule has 1 fully saturated rings. The van der Waals surface area contributed by atoms with Crippen LogP contribution in [0.25, 0.3) is 0 Å². The molecular formula is C13H28N2. The van der Waals surface area contributed by atoms with Gasteiger partial charge in [0, 0.05) is 13.1 Å². The highest BCUT2D eigenvalue weighted by Gasteiger charge is 2.22. The average Bonchev–Trinajstić information content (AvgIpc) is 2.63. The molecule has 0 aromatic carbocycles. The lowest BCUT2D eigenvalue weighted by Gasteiger charge is -2.21. The zero-order chi connectivity index (χ0) is 11.1. The maximum Gasteiger partial charge on any atom is 0.00193 e. The molecule has 0 aromatic rings. The normalized spacial score (nSPS) is 24.6. The molecule has 1 heterocycles. The number of nitrogens with zero attached hydrogens (tertiary/aromatic N) is 1.